The van der Waals surface area contributed by atoms with Crippen LogP contribution in [0.25, 0.3) is 0 Å². The molecule has 1 atom stereocenters. The molecule has 1 N–H and O–H groups in total. The lowest BCUT2D eigenvalue weighted by Crippen LogP contribution is -2.28. The molecule has 0 saturated heterocycles. The van der Waals surface area contributed by atoms with Crippen molar-refractivity contribution in [3.63, 3.8) is 0 Å². The summed E-state index contributed by atoms with van der Waals surface area (Å²) in [5.41, 5.74) is 0.443. The Morgan fingerprint density at radius 3 is 2.38 bits per heavy atom. The van der Waals surface area contributed by atoms with E-state index in [4.69, 9.17) is 11.6 Å². The first-order valence-electron chi connectivity index (χ1n) is 4.45. The number of anilines is 1. The van der Waals surface area contributed by atoms with E-state index in [0.29, 0.717) is 5.69 Å². The molecule has 0 radical (unpaired) electrons. The predicted octanol–water partition coefficient (Wildman–Crippen LogP) is 3.18. The van der Waals surface area contributed by atoms with Crippen LogP contribution in [-0.2, 0) is 4.79 Å². The van der Waals surface area contributed by atoms with Crippen molar-refractivity contribution >= 4 is 23.2 Å². The van der Waals surface area contributed by atoms with Crippen LogP contribution >= 0.6 is 11.6 Å². The Kier molecular flexibility index (Phi) is 4.18. The van der Waals surface area contributed by atoms with Gasteiger partial charge in [-0.25, -0.2) is 0 Å². The standard InChI is InChI=1S/C10H9ClF3NO/c11-8(10(12,13)14)6-9(16)15-7-4-2-1-3-5-7/h1-5,8H,6H2,(H,15,16). The first-order valence-corrected chi connectivity index (χ1v) is 4.89. The molecule has 0 heterocycles. The van der Waals surface area contributed by atoms with E-state index in [9.17, 15) is 18.0 Å². The molecule has 0 aliphatic rings. The van der Waals surface area contributed by atoms with E-state index >= 15 is 0 Å². The number of hydrogen-bond acceptors (Lipinski definition) is 1. The zero-order chi connectivity index (χ0) is 12.2. The van der Waals surface area contributed by atoms with Crippen molar-refractivity contribution in [2.45, 2.75) is 18.0 Å². The highest BCUT2D eigenvalue weighted by molar-refractivity contribution is 6.22. The molecule has 0 aliphatic heterocycles. The van der Waals surface area contributed by atoms with Gasteiger partial charge in [0, 0.05) is 5.69 Å². The van der Waals surface area contributed by atoms with Gasteiger partial charge in [-0.2, -0.15) is 13.2 Å². The van der Waals surface area contributed by atoms with Crippen LogP contribution in [0.2, 0.25) is 0 Å². The van der Waals surface area contributed by atoms with Crippen molar-refractivity contribution in [1.82, 2.24) is 0 Å². The lowest BCUT2D eigenvalue weighted by atomic mass is 10.2. The van der Waals surface area contributed by atoms with Crippen LogP contribution in [0.3, 0.4) is 0 Å². The fourth-order valence-corrected chi connectivity index (χ4v) is 1.15. The van der Waals surface area contributed by atoms with Gasteiger partial charge in [-0.15, -0.1) is 11.6 Å². The molecule has 16 heavy (non-hydrogen) atoms. The van der Waals surface area contributed by atoms with Crippen molar-refractivity contribution in [2.75, 3.05) is 5.32 Å². The maximum atomic E-state index is 12.0. The van der Waals surface area contributed by atoms with Crippen molar-refractivity contribution in [1.29, 1.82) is 0 Å². The average Bonchev–Trinajstić information content (AvgIpc) is 2.17. The highest BCUT2D eigenvalue weighted by Gasteiger charge is 2.39. The molecular weight excluding hydrogens is 243 g/mol. The molecular formula is C10H9ClF3NO. The first kappa shape index (κ1) is 12.8. The summed E-state index contributed by atoms with van der Waals surface area (Å²) in [4.78, 5) is 11.2. The van der Waals surface area contributed by atoms with Gasteiger partial charge in [-0.1, -0.05) is 18.2 Å². The Morgan fingerprint density at radius 2 is 1.88 bits per heavy atom. The largest absolute Gasteiger partial charge is 0.405 e. The number of nitrogens with one attached hydrogen (secondary N) is 1. The average molecular weight is 252 g/mol. The predicted molar refractivity (Wildman–Crippen MR) is 55.4 cm³/mol. The van der Waals surface area contributed by atoms with Gasteiger partial charge in [0.1, 0.15) is 5.38 Å². The monoisotopic (exact) mass is 251 g/mol. The summed E-state index contributed by atoms with van der Waals surface area (Å²) in [6.07, 6.45) is -5.35. The van der Waals surface area contributed by atoms with Crippen molar-refractivity contribution in [3.05, 3.63) is 30.3 Å². The minimum absolute atomic E-state index is 0.443. The molecule has 6 heteroatoms. The summed E-state index contributed by atoms with van der Waals surface area (Å²) >= 11 is 5.03. The number of alkyl halides is 4. The number of rotatable bonds is 3. The van der Waals surface area contributed by atoms with Crippen LogP contribution in [-0.4, -0.2) is 17.5 Å². The summed E-state index contributed by atoms with van der Waals surface area (Å²) in [6, 6.07) is 8.22. The molecule has 0 saturated carbocycles. The van der Waals surface area contributed by atoms with Crippen molar-refractivity contribution in [2.24, 2.45) is 0 Å². The molecule has 1 amide bonds. The van der Waals surface area contributed by atoms with Gasteiger partial charge < -0.3 is 5.32 Å². The lowest BCUT2D eigenvalue weighted by molar-refractivity contribution is -0.139. The second-order valence-corrected chi connectivity index (χ2v) is 3.65. The molecule has 0 aromatic heterocycles. The Balaban J connectivity index is 2.49. The van der Waals surface area contributed by atoms with Crippen LogP contribution in [0.4, 0.5) is 18.9 Å². The number of carbonyl (C=O) groups excluding carboxylic acids is 1. The molecule has 0 fully saturated rings. The minimum Gasteiger partial charge on any atom is -0.326 e. The van der Waals surface area contributed by atoms with E-state index in [1.165, 1.54) is 0 Å². The number of para-hydroxylation sites is 1. The lowest BCUT2D eigenvalue weighted by Gasteiger charge is -2.13. The SMILES string of the molecule is O=C(CC(Cl)C(F)(F)F)Nc1ccccc1. The molecule has 1 aromatic carbocycles. The van der Waals surface area contributed by atoms with Crippen molar-refractivity contribution < 1.29 is 18.0 Å². The first-order chi connectivity index (χ1) is 7.39. The fourth-order valence-electron chi connectivity index (χ4n) is 1.01. The van der Waals surface area contributed by atoms with Crippen LogP contribution in [0, 0.1) is 0 Å². The molecule has 2 nitrogen and oxygen atoms in total. The maximum absolute atomic E-state index is 12.0. The van der Waals surface area contributed by atoms with E-state index in [-0.39, 0.29) is 0 Å². The van der Waals surface area contributed by atoms with E-state index in [1.807, 2.05) is 0 Å². The highest BCUT2D eigenvalue weighted by Crippen LogP contribution is 2.27. The second kappa shape index (κ2) is 5.21. The van der Waals surface area contributed by atoms with Crippen LogP contribution in [0.5, 0.6) is 0 Å². The molecule has 1 unspecified atom stereocenters. The maximum Gasteiger partial charge on any atom is 0.405 e. The van der Waals surface area contributed by atoms with Gasteiger partial charge in [0.25, 0.3) is 0 Å². The van der Waals surface area contributed by atoms with Gasteiger partial charge in [-0.05, 0) is 12.1 Å². The van der Waals surface area contributed by atoms with Gasteiger partial charge in [0.15, 0.2) is 0 Å². The Morgan fingerprint density at radius 1 is 1.31 bits per heavy atom. The molecule has 88 valence electrons. The number of halogens is 4. The van der Waals surface area contributed by atoms with Crippen molar-refractivity contribution in [3.8, 4) is 0 Å². The number of benzene rings is 1. The Bertz CT molecular complexity index is 353. The summed E-state index contributed by atoms with van der Waals surface area (Å²) in [5, 5.41) is 0.165. The van der Waals surface area contributed by atoms with E-state index < -0.39 is 23.9 Å². The zero-order valence-electron chi connectivity index (χ0n) is 8.09. The third kappa shape index (κ3) is 4.10. The quantitative estimate of drug-likeness (QED) is 0.822. The summed E-state index contributed by atoms with van der Waals surface area (Å²) in [5.74, 6) is -0.761. The van der Waals surface area contributed by atoms with Gasteiger partial charge in [0.2, 0.25) is 5.91 Å². The topological polar surface area (TPSA) is 29.1 Å². The number of amides is 1. The fraction of sp³-hybridized carbons (Fsp3) is 0.300. The van der Waals surface area contributed by atoms with E-state index in [2.05, 4.69) is 5.32 Å². The third-order valence-electron chi connectivity index (χ3n) is 1.78. The van der Waals surface area contributed by atoms with E-state index in [1.54, 1.807) is 30.3 Å². The van der Waals surface area contributed by atoms with Gasteiger partial charge >= 0.3 is 6.18 Å². The molecule has 0 aliphatic carbocycles. The summed E-state index contributed by atoms with van der Waals surface area (Å²) in [7, 11) is 0. The smallest absolute Gasteiger partial charge is 0.326 e. The molecule has 1 rings (SSSR count). The summed E-state index contributed by atoms with van der Waals surface area (Å²) in [6.45, 7) is 0. The van der Waals surface area contributed by atoms with Gasteiger partial charge in [-0.3, -0.25) is 4.79 Å². The highest BCUT2D eigenvalue weighted by atomic mass is 35.5. The molecule has 1 aromatic rings. The van der Waals surface area contributed by atoms with Crippen LogP contribution in [0.1, 0.15) is 6.42 Å². The third-order valence-corrected chi connectivity index (χ3v) is 2.18. The van der Waals surface area contributed by atoms with Crippen LogP contribution in [0.15, 0.2) is 30.3 Å². The van der Waals surface area contributed by atoms with Crippen LogP contribution < -0.4 is 5.32 Å². The Hall–Kier alpha value is -1.23. The zero-order valence-corrected chi connectivity index (χ0v) is 8.85. The Labute approximate surface area is 95.4 Å². The summed E-state index contributed by atoms with van der Waals surface area (Å²) < 4.78 is 36.1. The normalized spacial score (nSPS) is 13.2. The second-order valence-electron chi connectivity index (χ2n) is 3.13. The number of carbonyl (C=O) groups is 1. The molecule has 0 spiro atoms. The number of hydrogen-bond donors (Lipinski definition) is 1. The van der Waals surface area contributed by atoms with E-state index in [0.717, 1.165) is 0 Å². The molecule has 0 bridgehead atoms. The minimum atomic E-state index is -4.56. The van der Waals surface area contributed by atoms with Gasteiger partial charge in [0.05, 0.1) is 6.42 Å².